The molecule has 2 aromatic rings. The third kappa shape index (κ3) is 4.25. The molecular weight excluding hydrogens is 391 g/mol. The van der Waals surface area contributed by atoms with E-state index in [1.54, 1.807) is 24.0 Å². The lowest BCUT2D eigenvalue weighted by atomic mass is 10.1. The summed E-state index contributed by atoms with van der Waals surface area (Å²) in [5.74, 6) is -0.362. The van der Waals surface area contributed by atoms with Gasteiger partial charge in [-0.05, 0) is 50.1 Å². The number of methoxy groups -OCH3 is 1. The van der Waals surface area contributed by atoms with E-state index in [2.05, 4.69) is 5.32 Å². The zero-order valence-corrected chi connectivity index (χ0v) is 16.6. The third-order valence-corrected chi connectivity index (χ3v) is 5.84. The molecule has 1 aliphatic rings. The van der Waals surface area contributed by atoms with E-state index in [1.165, 1.54) is 36.6 Å². The summed E-state index contributed by atoms with van der Waals surface area (Å²) in [6, 6.07) is 6.50. The minimum atomic E-state index is -0.555. The summed E-state index contributed by atoms with van der Waals surface area (Å²) >= 11 is 7.11. The standard InChI is InChI=1S/C19H20ClFN2O3S/c1-11(13-10-12(21)5-6-15(13)26-2)22-18(24)14-4-3-9-23(14)19(25)16-7-8-17(20)27-16/h5-8,10-11,14H,3-4,9H2,1-2H3,(H,22,24)/t11-,14+/m0/s1. The van der Waals surface area contributed by atoms with Crippen molar-refractivity contribution in [3.8, 4) is 5.75 Å². The van der Waals surface area contributed by atoms with Gasteiger partial charge in [0, 0.05) is 12.1 Å². The molecule has 0 saturated carbocycles. The van der Waals surface area contributed by atoms with Gasteiger partial charge in [0.05, 0.1) is 22.4 Å². The van der Waals surface area contributed by atoms with E-state index >= 15 is 0 Å². The normalized spacial score (nSPS) is 17.6. The Balaban J connectivity index is 1.73. The predicted octanol–water partition coefficient (Wildman–Crippen LogP) is 4.03. The van der Waals surface area contributed by atoms with Gasteiger partial charge in [0.1, 0.15) is 17.6 Å². The maximum atomic E-state index is 13.6. The number of carbonyl (C=O) groups excluding carboxylic acids is 2. The van der Waals surface area contributed by atoms with E-state index < -0.39 is 17.9 Å². The molecule has 0 radical (unpaired) electrons. The molecule has 144 valence electrons. The van der Waals surface area contributed by atoms with Crippen LogP contribution in [0.1, 0.15) is 41.0 Å². The van der Waals surface area contributed by atoms with Gasteiger partial charge in [0.2, 0.25) is 5.91 Å². The summed E-state index contributed by atoms with van der Waals surface area (Å²) in [7, 11) is 1.49. The second-order valence-electron chi connectivity index (χ2n) is 6.38. The van der Waals surface area contributed by atoms with Crippen molar-refractivity contribution in [3.63, 3.8) is 0 Å². The molecule has 1 aromatic heterocycles. The van der Waals surface area contributed by atoms with Crippen LogP contribution in [0.25, 0.3) is 0 Å². The second kappa shape index (κ2) is 8.27. The largest absolute Gasteiger partial charge is 0.496 e. The van der Waals surface area contributed by atoms with Crippen molar-refractivity contribution in [1.82, 2.24) is 10.2 Å². The number of halogens is 2. The molecule has 27 heavy (non-hydrogen) atoms. The lowest BCUT2D eigenvalue weighted by Crippen LogP contribution is -2.46. The number of hydrogen-bond acceptors (Lipinski definition) is 4. The van der Waals surface area contributed by atoms with Gasteiger partial charge in [-0.25, -0.2) is 4.39 Å². The molecule has 0 bridgehead atoms. The average molecular weight is 411 g/mol. The van der Waals surface area contributed by atoms with Crippen molar-refractivity contribution in [1.29, 1.82) is 0 Å². The van der Waals surface area contributed by atoms with Crippen molar-refractivity contribution in [2.24, 2.45) is 0 Å². The van der Waals surface area contributed by atoms with Crippen LogP contribution in [0.3, 0.4) is 0 Å². The maximum Gasteiger partial charge on any atom is 0.264 e. The molecule has 8 heteroatoms. The number of nitrogens with zero attached hydrogens (tertiary/aromatic N) is 1. The number of thiophene rings is 1. The van der Waals surface area contributed by atoms with Crippen molar-refractivity contribution in [2.45, 2.75) is 31.8 Å². The highest BCUT2D eigenvalue weighted by Crippen LogP contribution is 2.29. The maximum absolute atomic E-state index is 13.6. The Hall–Kier alpha value is -2.12. The molecular formula is C19H20ClFN2O3S. The fourth-order valence-corrected chi connectivity index (χ4v) is 4.28. The first-order valence-electron chi connectivity index (χ1n) is 8.61. The van der Waals surface area contributed by atoms with Crippen LogP contribution in [-0.4, -0.2) is 36.4 Å². The Morgan fingerprint density at radius 1 is 1.37 bits per heavy atom. The van der Waals surface area contributed by atoms with Crippen molar-refractivity contribution in [3.05, 3.63) is 50.9 Å². The summed E-state index contributed by atoms with van der Waals surface area (Å²) < 4.78 is 19.4. The molecule has 0 unspecified atom stereocenters. The fraction of sp³-hybridized carbons (Fsp3) is 0.368. The highest BCUT2D eigenvalue weighted by molar-refractivity contribution is 7.17. The number of nitrogens with one attached hydrogen (secondary N) is 1. The van der Waals surface area contributed by atoms with Crippen molar-refractivity contribution in [2.75, 3.05) is 13.7 Å². The van der Waals surface area contributed by atoms with Crippen LogP contribution in [-0.2, 0) is 4.79 Å². The van der Waals surface area contributed by atoms with E-state index in [0.29, 0.717) is 33.5 Å². The van der Waals surface area contributed by atoms with Crippen LogP contribution >= 0.6 is 22.9 Å². The van der Waals surface area contributed by atoms with Crippen LogP contribution in [0, 0.1) is 5.82 Å². The van der Waals surface area contributed by atoms with Crippen molar-refractivity contribution < 1.29 is 18.7 Å². The van der Waals surface area contributed by atoms with E-state index in [4.69, 9.17) is 16.3 Å². The topological polar surface area (TPSA) is 58.6 Å². The van der Waals surface area contributed by atoms with Crippen LogP contribution in [0.2, 0.25) is 4.34 Å². The predicted molar refractivity (Wildman–Crippen MR) is 103 cm³/mol. The van der Waals surface area contributed by atoms with Crippen LogP contribution in [0.4, 0.5) is 4.39 Å². The summed E-state index contributed by atoms with van der Waals surface area (Å²) in [5.41, 5.74) is 0.548. The summed E-state index contributed by atoms with van der Waals surface area (Å²) in [6.07, 6.45) is 1.34. The smallest absolute Gasteiger partial charge is 0.264 e. The number of rotatable bonds is 5. The molecule has 0 aliphatic carbocycles. The number of benzene rings is 1. The number of amides is 2. The lowest BCUT2D eigenvalue weighted by Gasteiger charge is -2.25. The molecule has 5 nitrogen and oxygen atoms in total. The first-order chi connectivity index (χ1) is 12.9. The SMILES string of the molecule is COc1ccc(F)cc1[C@H](C)NC(=O)[C@H]1CCCN1C(=O)c1ccc(Cl)s1. The Morgan fingerprint density at radius 3 is 2.81 bits per heavy atom. The number of likely N-dealkylation sites (tertiary alicyclic amines) is 1. The zero-order chi connectivity index (χ0) is 19.6. The average Bonchev–Trinajstić information content (AvgIpc) is 3.30. The van der Waals surface area contributed by atoms with E-state index in [9.17, 15) is 14.0 Å². The third-order valence-electron chi connectivity index (χ3n) is 4.62. The van der Waals surface area contributed by atoms with Gasteiger partial charge in [0.15, 0.2) is 0 Å². The number of carbonyl (C=O) groups is 2. The lowest BCUT2D eigenvalue weighted by molar-refractivity contribution is -0.125. The summed E-state index contributed by atoms with van der Waals surface area (Å²) in [5, 5.41) is 2.88. The Bertz CT molecular complexity index is 857. The minimum absolute atomic E-state index is 0.194. The molecule has 0 spiro atoms. The monoisotopic (exact) mass is 410 g/mol. The van der Waals surface area contributed by atoms with Gasteiger partial charge < -0.3 is 15.0 Å². The van der Waals surface area contributed by atoms with Gasteiger partial charge in [-0.2, -0.15) is 0 Å². The second-order valence-corrected chi connectivity index (χ2v) is 8.09. The van der Waals surface area contributed by atoms with Gasteiger partial charge in [0.25, 0.3) is 5.91 Å². The number of hydrogen-bond donors (Lipinski definition) is 1. The molecule has 1 aromatic carbocycles. The highest BCUT2D eigenvalue weighted by atomic mass is 35.5. The van der Waals surface area contributed by atoms with Crippen molar-refractivity contribution >= 4 is 34.8 Å². The molecule has 1 saturated heterocycles. The van der Waals surface area contributed by atoms with Gasteiger partial charge in [-0.15, -0.1) is 11.3 Å². The number of ether oxygens (including phenoxy) is 1. The van der Waals surface area contributed by atoms with Gasteiger partial charge in [-0.3, -0.25) is 9.59 Å². The van der Waals surface area contributed by atoms with E-state index in [1.807, 2.05) is 0 Å². The molecule has 2 atom stereocenters. The van der Waals surface area contributed by atoms with Crippen LogP contribution in [0.15, 0.2) is 30.3 Å². The molecule has 1 N–H and O–H groups in total. The Morgan fingerprint density at radius 2 is 2.15 bits per heavy atom. The Kier molecular flexibility index (Phi) is 6.01. The van der Waals surface area contributed by atoms with E-state index in [0.717, 1.165) is 6.42 Å². The first-order valence-corrected chi connectivity index (χ1v) is 9.80. The van der Waals surface area contributed by atoms with E-state index in [-0.39, 0.29) is 11.8 Å². The molecule has 2 heterocycles. The quantitative estimate of drug-likeness (QED) is 0.809. The molecule has 1 aliphatic heterocycles. The molecule has 3 rings (SSSR count). The molecule has 1 fully saturated rings. The minimum Gasteiger partial charge on any atom is -0.496 e. The summed E-state index contributed by atoms with van der Waals surface area (Å²) in [4.78, 5) is 27.6. The Labute approximate surface area is 166 Å². The van der Waals surface area contributed by atoms with Crippen LogP contribution in [0.5, 0.6) is 5.75 Å². The first kappa shape index (κ1) is 19.6. The highest BCUT2D eigenvalue weighted by Gasteiger charge is 2.35. The summed E-state index contributed by atoms with van der Waals surface area (Å²) in [6.45, 7) is 2.28. The zero-order valence-electron chi connectivity index (χ0n) is 15.0. The fourth-order valence-electron chi connectivity index (χ4n) is 3.28. The van der Waals surface area contributed by atoms with Crippen LogP contribution < -0.4 is 10.1 Å². The van der Waals surface area contributed by atoms with Gasteiger partial charge in [-0.1, -0.05) is 11.6 Å². The van der Waals surface area contributed by atoms with Gasteiger partial charge >= 0.3 is 0 Å². The molecule has 2 amide bonds.